The Kier molecular flexibility index (Phi) is 3.87. The lowest BCUT2D eigenvalue weighted by atomic mass is 10.0. The first kappa shape index (κ1) is 13.3. The summed E-state index contributed by atoms with van der Waals surface area (Å²) in [5, 5.41) is 0. The topological polar surface area (TPSA) is 24.1 Å². The summed E-state index contributed by atoms with van der Waals surface area (Å²) in [6.07, 6.45) is -2.05. The fraction of sp³-hybridized carbons (Fsp3) is 0.333. The van der Waals surface area contributed by atoms with Crippen LogP contribution in [0.5, 0.6) is 0 Å². The van der Waals surface area contributed by atoms with Crippen molar-refractivity contribution in [2.45, 2.75) is 17.5 Å². The van der Waals surface area contributed by atoms with Crippen molar-refractivity contribution in [1.29, 1.82) is 0 Å². The van der Waals surface area contributed by atoms with Gasteiger partial charge in [-0.1, -0.05) is 12.1 Å². The quantitative estimate of drug-likeness (QED) is 0.829. The van der Waals surface area contributed by atoms with Crippen LogP contribution >= 0.6 is 11.8 Å². The standard InChI is InChI=1S/C12H13F3N2S/c1-18-10-4-2-8(3-5-10)6-9-7-16-17-11(9)12(13,14)15/h2-5,16-17H,6-7H2,1H3. The van der Waals surface area contributed by atoms with E-state index in [0.717, 1.165) is 10.5 Å². The maximum absolute atomic E-state index is 12.7. The van der Waals surface area contributed by atoms with E-state index in [1.807, 2.05) is 30.5 Å². The molecule has 18 heavy (non-hydrogen) atoms. The van der Waals surface area contributed by atoms with E-state index in [9.17, 15) is 13.2 Å². The molecular weight excluding hydrogens is 261 g/mol. The molecule has 0 amide bonds. The number of nitrogens with one attached hydrogen (secondary N) is 2. The van der Waals surface area contributed by atoms with E-state index in [1.165, 1.54) is 0 Å². The number of allylic oxidation sites excluding steroid dienone is 1. The van der Waals surface area contributed by atoms with Crippen LogP contribution in [0.25, 0.3) is 0 Å². The third kappa shape index (κ3) is 3.00. The van der Waals surface area contributed by atoms with Crippen LogP contribution in [0.3, 0.4) is 0 Å². The molecule has 1 aromatic carbocycles. The molecule has 0 aliphatic carbocycles. The second kappa shape index (κ2) is 5.24. The maximum atomic E-state index is 12.7. The second-order valence-corrected chi connectivity index (χ2v) is 4.86. The van der Waals surface area contributed by atoms with Crippen LogP contribution in [0.4, 0.5) is 13.2 Å². The number of hydrogen-bond acceptors (Lipinski definition) is 3. The van der Waals surface area contributed by atoms with Crippen molar-refractivity contribution >= 4 is 11.8 Å². The molecule has 2 N–H and O–H groups in total. The van der Waals surface area contributed by atoms with Crippen molar-refractivity contribution in [1.82, 2.24) is 10.9 Å². The Balaban J connectivity index is 2.17. The van der Waals surface area contributed by atoms with Gasteiger partial charge in [-0.3, -0.25) is 0 Å². The third-order valence-corrected chi connectivity index (χ3v) is 3.47. The highest BCUT2D eigenvalue weighted by molar-refractivity contribution is 7.98. The predicted octanol–water partition coefficient (Wildman–Crippen LogP) is 2.88. The van der Waals surface area contributed by atoms with Crippen molar-refractivity contribution in [2.24, 2.45) is 0 Å². The lowest BCUT2D eigenvalue weighted by molar-refractivity contribution is -0.0971. The lowest BCUT2D eigenvalue weighted by Gasteiger charge is -2.10. The summed E-state index contributed by atoms with van der Waals surface area (Å²) in [4.78, 5) is 1.10. The summed E-state index contributed by atoms with van der Waals surface area (Å²) in [5.74, 6) is 0. The maximum Gasteiger partial charge on any atom is 0.432 e. The van der Waals surface area contributed by atoms with Gasteiger partial charge in [-0.15, -0.1) is 11.8 Å². The number of rotatable bonds is 3. The number of benzene rings is 1. The van der Waals surface area contributed by atoms with Gasteiger partial charge in [-0.25, -0.2) is 5.43 Å². The SMILES string of the molecule is CSc1ccc(CC2=C(C(F)(F)F)NNC2)cc1. The molecule has 0 unspecified atom stereocenters. The summed E-state index contributed by atoms with van der Waals surface area (Å²) in [6, 6.07) is 7.57. The first-order chi connectivity index (χ1) is 8.50. The molecule has 0 atom stereocenters. The zero-order valence-corrected chi connectivity index (χ0v) is 10.6. The molecule has 2 nitrogen and oxygen atoms in total. The van der Waals surface area contributed by atoms with Gasteiger partial charge >= 0.3 is 6.18 Å². The van der Waals surface area contributed by atoms with Gasteiger partial charge in [-0.05, 0) is 35.9 Å². The van der Waals surface area contributed by atoms with E-state index in [4.69, 9.17) is 0 Å². The first-order valence-electron chi connectivity index (χ1n) is 5.41. The highest BCUT2D eigenvalue weighted by Gasteiger charge is 2.38. The average molecular weight is 274 g/mol. The van der Waals surface area contributed by atoms with Gasteiger partial charge in [0.25, 0.3) is 0 Å². The van der Waals surface area contributed by atoms with Gasteiger partial charge in [0.05, 0.1) is 0 Å². The summed E-state index contributed by atoms with van der Waals surface area (Å²) in [7, 11) is 0. The van der Waals surface area contributed by atoms with Crippen LogP contribution in [-0.4, -0.2) is 19.0 Å². The van der Waals surface area contributed by atoms with Crippen LogP contribution in [0, 0.1) is 0 Å². The van der Waals surface area contributed by atoms with Crippen LogP contribution in [0.15, 0.2) is 40.4 Å². The van der Waals surface area contributed by atoms with Gasteiger partial charge < -0.3 is 5.43 Å². The molecule has 0 saturated heterocycles. The monoisotopic (exact) mass is 274 g/mol. The van der Waals surface area contributed by atoms with Crippen molar-refractivity contribution in [3.05, 3.63) is 41.1 Å². The molecule has 0 aromatic heterocycles. The van der Waals surface area contributed by atoms with E-state index in [0.29, 0.717) is 12.0 Å². The van der Waals surface area contributed by atoms with E-state index >= 15 is 0 Å². The van der Waals surface area contributed by atoms with Gasteiger partial charge in [0, 0.05) is 11.4 Å². The Morgan fingerprint density at radius 3 is 2.44 bits per heavy atom. The van der Waals surface area contributed by atoms with Gasteiger partial charge in [0.2, 0.25) is 0 Å². The Labute approximate surface area is 108 Å². The minimum atomic E-state index is -4.32. The smallest absolute Gasteiger partial charge is 0.317 e. The molecule has 1 aromatic rings. The van der Waals surface area contributed by atoms with Crippen LogP contribution < -0.4 is 10.9 Å². The minimum absolute atomic E-state index is 0.221. The van der Waals surface area contributed by atoms with E-state index < -0.39 is 11.9 Å². The van der Waals surface area contributed by atoms with E-state index in [-0.39, 0.29) is 6.54 Å². The zero-order chi connectivity index (χ0) is 13.2. The first-order valence-corrected chi connectivity index (χ1v) is 6.64. The molecule has 0 fully saturated rings. The molecule has 2 rings (SSSR count). The second-order valence-electron chi connectivity index (χ2n) is 3.98. The van der Waals surface area contributed by atoms with Crippen LogP contribution in [0.1, 0.15) is 5.56 Å². The van der Waals surface area contributed by atoms with Crippen LogP contribution in [-0.2, 0) is 6.42 Å². The highest BCUT2D eigenvalue weighted by atomic mass is 32.2. The molecule has 0 bridgehead atoms. The highest BCUT2D eigenvalue weighted by Crippen LogP contribution is 2.29. The fourth-order valence-corrected chi connectivity index (χ4v) is 2.24. The fourth-order valence-electron chi connectivity index (χ4n) is 1.83. The largest absolute Gasteiger partial charge is 0.432 e. The summed E-state index contributed by atoms with van der Waals surface area (Å²) < 4.78 is 38.0. The molecule has 0 spiro atoms. The summed E-state index contributed by atoms with van der Waals surface area (Å²) in [6.45, 7) is 0.221. The molecule has 1 heterocycles. The Bertz CT molecular complexity index is 451. The number of hydrazine groups is 1. The summed E-state index contributed by atoms with van der Waals surface area (Å²) in [5.41, 5.74) is 5.29. The van der Waals surface area contributed by atoms with Gasteiger partial charge in [0.1, 0.15) is 5.70 Å². The van der Waals surface area contributed by atoms with E-state index in [1.54, 1.807) is 11.8 Å². The number of alkyl halides is 3. The number of hydrogen-bond donors (Lipinski definition) is 2. The minimum Gasteiger partial charge on any atom is -0.317 e. The van der Waals surface area contributed by atoms with E-state index in [2.05, 4.69) is 10.9 Å². The molecule has 0 radical (unpaired) electrons. The normalized spacial score (nSPS) is 16.0. The summed E-state index contributed by atoms with van der Waals surface area (Å²) >= 11 is 1.61. The van der Waals surface area contributed by atoms with Gasteiger partial charge in [0.15, 0.2) is 0 Å². The molecule has 6 heteroatoms. The predicted molar refractivity (Wildman–Crippen MR) is 66.1 cm³/mol. The Hall–Kier alpha value is -1.14. The zero-order valence-electron chi connectivity index (χ0n) is 9.77. The Morgan fingerprint density at radius 1 is 1.22 bits per heavy atom. The molecule has 1 aliphatic rings. The third-order valence-electron chi connectivity index (χ3n) is 2.73. The number of halogens is 3. The molecule has 1 aliphatic heterocycles. The molecule has 98 valence electrons. The van der Waals surface area contributed by atoms with Crippen molar-refractivity contribution < 1.29 is 13.2 Å². The van der Waals surface area contributed by atoms with Crippen molar-refractivity contribution in [3.63, 3.8) is 0 Å². The lowest BCUT2D eigenvalue weighted by Crippen LogP contribution is -2.30. The molecular formula is C12H13F3N2S. The Morgan fingerprint density at radius 2 is 1.89 bits per heavy atom. The van der Waals surface area contributed by atoms with Crippen LogP contribution in [0.2, 0.25) is 0 Å². The van der Waals surface area contributed by atoms with Crippen molar-refractivity contribution in [2.75, 3.05) is 12.8 Å². The average Bonchev–Trinajstić information content (AvgIpc) is 2.78. The van der Waals surface area contributed by atoms with Crippen molar-refractivity contribution in [3.8, 4) is 0 Å². The number of thioether (sulfide) groups is 1. The van der Waals surface area contributed by atoms with Gasteiger partial charge in [-0.2, -0.15) is 13.2 Å². The molecule has 0 saturated carbocycles.